The molecule has 0 fully saturated rings. The van der Waals surface area contributed by atoms with Crippen LogP contribution in [0.25, 0.3) is 0 Å². The normalized spacial score (nSPS) is 11.7. The van der Waals surface area contributed by atoms with Gasteiger partial charge in [-0.2, -0.15) is 0 Å². The van der Waals surface area contributed by atoms with Crippen molar-refractivity contribution in [3.05, 3.63) is 12.7 Å². The van der Waals surface area contributed by atoms with Crippen LogP contribution in [0.5, 0.6) is 0 Å². The maximum Gasteiger partial charge on any atom is 0.192 e. The van der Waals surface area contributed by atoms with E-state index in [0.717, 1.165) is 18.1 Å². The zero-order chi connectivity index (χ0) is 11.6. The van der Waals surface area contributed by atoms with Gasteiger partial charge in [-0.25, -0.2) is 0 Å². The summed E-state index contributed by atoms with van der Waals surface area (Å²) >= 11 is 0. The molecule has 1 nitrogen and oxygen atoms in total. The van der Waals surface area contributed by atoms with Crippen molar-refractivity contribution in [3.8, 4) is 0 Å². The van der Waals surface area contributed by atoms with Crippen LogP contribution in [0.4, 0.5) is 0 Å². The molecule has 0 spiro atoms. The Labute approximate surface area is 96.7 Å². The fourth-order valence-corrected chi connectivity index (χ4v) is 5.02. The summed E-state index contributed by atoms with van der Waals surface area (Å²) in [4.78, 5) is 10.5. The highest BCUT2D eigenvalue weighted by Crippen LogP contribution is 2.24. The highest BCUT2D eigenvalue weighted by Gasteiger charge is 2.27. The Morgan fingerprint density at radius 2 is 1.47 bits per heavy atom. The SMILES string of the molecule is C=CC[Si](O)(CCCCC)CCCCC. The monoisotopic (exact) mass is 228 g/mol. The minimum atomic E-state index is -1.94. The lowest BCUT2D eigenvalue weighted by atomic mass is 10.3. The van der Waals surface area contributed by atoms with Gasteiger partial charge in [0.15, 0.2) is 8.32 Å². The summed E-state index contributed by atoms with van der Waals surface area (Å²) in [6.07, 6.45) is 9.35. The maximum absolute atomic E-state index is 10.5. The molecule has 0 unspecified atom stereocenters. The molecular weight excluding hydrogens is 200 g/mol. The van der Waals surface area contributed by atoms with Crippen LogP contribution in [0.15, 0.2) is 12.7 Å². The van der Waals surface area contributed by atoms with Crippen LogP contribution in [-0.4, -0.2) is 13.1 Å². The third-order valence-electron chi connectivity index (χ3n) is 3.02. The van der Waals surface area contributed by atoms with E-state index in [1.807, 2.05) is 6.08 Å². The molecule has 0 bridgehead atoms. The fourth-order valence-electron chi connectivity index (χ4n) is 2.01. The zero-order valence-corrected chi connectivity index (χ0v) is 11.6. The van der Waals surface area contributed by atoms with E-state index in [1.54, 1.807) is 0 Å². The summed E-state index contributed by atoms with van der Waals surface area (Å²) < 4.78 is 0. The molecule has 0 aliphatic heterocycles. The van der Waals surface area contributed by atoms with Crippen LogP contribution in [-0.2, 0) is 0 Å². The Morgan fingerprint density at radius 3 is 1.80 bits per heavy atom. The largest absolute Gasteiger partial charge is 0.431 e. The summed E-state index contributed by atoms with van der Waals surface area (Å²) in [7, 11) is -1.94. The predicted octanol–water partition coefficient (Wildman–Crippen LogP) is 4.49. The van der Waals surface area contributed by atoms with E-state index in [1.165, 1.54) is 38.5 Å². The second-order valence-electron chi connectivity index (χ2n) is 4.63. The molecule has 0 radical (unpaired) electrons. The Hall–Kier alpha value is -0.0831. The molecule has 0 amide bonds. The Morgan fingerprint density at radius 1 is 1.00 bits per heavy atom. The lowest BCUT2D eigenvalue weighted by molar-refractivity contribution is 0.515. The molecular formula is C13H28OSi. The first kappa shape index (κ1) is 14.9. The van der Waals surface area contributed by atoms with E-state index in [0.29, 0.717) is 0 Å². The molecule has 0 aliphatic rings. The van der Waals surface area contributed by atoms with Crippen LogP contribution in [0.3, 0.4) is 0 Å². The van der Waals surface area contributed by atoms with Gasteiger partial charge in [0.25, 0.3) is 0 Å². The standard InChI is InChI=1S/C13H28OSi/c1-4-7-9-12-15(14,11-6-3)13-10-8-5-2/h6,14H,3-5,7-13H2,1-2H3. The van der Waals surface area contributed by atoms with Crippen LogP contribution >= 0.6 is 0 Å². The van der Waals surface area contributed by atoms with Gasteiger partial charge in [-0.1, -0.05) is 58.4 Å². The lowest BCUT2D eigenvalue weighted by Gasteiger charge is -2.23. The predicted molar refractivity (Wildman–Crippen MR) is 71.6 cm³/mol. The number of unbranched alkanes of at least 4 members (excludes halogenated alkanes) is 4. The first-order chi connectivity index (χ1) is 7.18. The van der Waals surface area contributed by atoms with Crippen LogP contribution < -0.4 is 0 Å². The van der Waals surface area contributed by atoms with Crippen molar-refractivity contribution >= 4 is 8.32 Å². The van der Waals surface area contributed by atoms with Gasteiger partial charge >= 0.3 is 0 Å². The average Bonchev–Trinajstić information content (AvgIpc) is 2.19. The van der Waals surface area contributed by atoms with Crippen molar-refractivity contribution in [1.82, 2.24) is 0 Å². The molecule has 0 saturated carbocycles. The number of allylic oxidation sites excluding steroid dienone is 1. The molecule has 1 N–H and O–H groups in total. The topological polar surface area (TPSA) is 20.2 Å². The van der Waals surface area contributed by atoms with Crippen LogP contribution in [0, 0.1) is 0 Å². The molecule has 0 aromatic rings. The minimum absolute atomic E-state index is 0.889. The molecule has 0 aliphatic carbocycles. The van der Waals surface area contributed by atoms with E-state index in [2.05, 4.69) is 20.4 Å². The molecule has 0 aromatic carbocycles. The molecule has 15 heavy (non-hydrogen) atoms. The highest BCUT2D eigenvalue weighted by molar-refractivity contribution is 6.72. The number of hydrogen-bond acceptors (Lipinski definition) is 1. The van der Waals surface area contributed by atoms with Crippen molar-refractivity contribution in [3.63, 3.8) is 0 Å². The Bertz CT molecular complexity index is 147. The molecule has 90 valence electrons. The van der Waals surface area contributed by atoms with Crippen molar-refractivity contribution in [2.45, 2.75) is 70.5 Å². The Balaban J connectivity index is 3.88. The first-order valence-corrected chi connectivity index (χ1v) is 9.08. The Kier molecular flexibility index (Phi) is 9.11. The second-order valence-corrected chi connectivity index (χ2v) is 8.49. The fraction of sp³-hybridized carbons (Fsp3) is 0.846. The van der Waals surface area contributed by atoms with Gasteiger partial charge in [0, 0.05) is 0 Å². The minimum Gasteiger partial charge on any atom is -0.431 e. The van der Waals surface area contributed by atoms with Crippen molar-refractivity contribution < 1.29 is 4.80 Å². The van der Waals surface area contributed by atoms with E-state index in [4.69, 9.17) is 0 Å². The van der Waals surface area contributed by atoms with Gasteiger partial charge in [0.05, 0.1) is 0 Å². The van der Waals surface area contributed by atoms with Crippen molar-refractivity contribution in [2.75, 3.05) is 0 Å². The van der Waals surface area contributed by atoms with Gasteiger partial charge in [-0.05, 0) is 18.1 Å². The average molecular weight is 228 g/mol. The second kappa shape index (κ2) is 9.17. The van der Waals surface area contributed by atoms with Crippen molar-refractivity contribution in [2.24, 2.45) is 0 Å². The number of hydrogen-bond donors (Lipinski definition) is 1. The lowest BCUT2D eigenvalue weighted by Crippen LogP contribution is -2.33. The molecule has 2 heteroatoms. The van der Waals surface area contributed by atoms with Gasteiger partial charge in [-0.3, -0.25) is 0 Å². The van der Waals surface area contributed by atoms with E-state index < -0.39 is 8.32 Å². The van der Waals surface area contributed by atoms with Crippen molar-refractivity contribution in [1.29, 1.82) is 0 Å². The number of rotatable bonds is 10. The van der Waals surface area contributed by atoms with E-state index in [9.17, 15) is 4.80 Å². The van der Waals surface area contributed by atoms with E-state index >= 15 is 0 Å². The van der Waals surface area contributed by atoms with Gasteiger partial charge in [0.1, 0.15) is 0 Å². The molecule has 0 rings (SSSR count). The summed E-state index contributed by atoms with van der Waals surface area (Å²) in [6, 6.07) is 3.05. The third-order valence-corrected chi connectivity index (χ3v) is 6.63. The summed E-state index contributed by atoms with van der Waals surface area (Å²) in [5.41, 5.74) is 0. The molecule has 0 atom stereocenters. The highest BCUT2D eigenvalue weighted by atomic mass is 28.4. The first-order valence-electron chi connectivity index (χ1n) is 6.51. The van der Waals surface area contributed by atoms with E-state index in [-0.39, 0.29) is 0 Å². The third kappa shape index (κ3) is 7.80. The molecule has 0 saturated heterocycles. The maximum atomic E-state index is 10.5. The summed E-state index contributed by atoms with van der Waals surface area (Å²) in [6.45, 7) is 8.20. The van der Waals surface area contributed by atoms with Gasteiger partial charge in [0.2, 0.25) is 0 Å². The van der Waals surface area contributed by atoms with Crippen LogP contribution in [0.1, 0.15) is 52.4 Å². The molecule has 0 heterocycles. The summed E-state index contributed by atoms with van der Waals surface area (Å²) in [5.74, 6) is 0. The zero-order valence-electron chi connectivity index (χ0n) is 10.6. The smallest absolute Gasteiger partial charge is 0.192 e. The quantitative estimate of drug-likeness (QED) is 0.332. The van der Waals surface area contributed by atoms with Gasteiger partial charge < -0.3 is 4.80 Å². The summed E-state index contributed by atoms with van der Waals surface area (Å²) in [5, 5.41) is 0. The molecule has 0 aromatic heterocycles. The van der Waals surface area contributed by atoms with Crippen LogP contribution in [0.2, 0.25) is 18.1 Å². The van der Waals surface area contributed by atoms with Gasteiger partial charge in [-0.15, -0.1) is 6.58 Å².